The fourth-order valence-corrected chi connectivity index (χ4v) is 3.51. The summed E-state index contributed by atoms with van der Waals surface area (Å²) in [4.78, 5) is 26.4. The second kappa shape index (κ2) is 9.11. The molecular weight excluding hydrogens is 387 g/mol. The average molecular weight is 407 g/mol. The molecule has 0 radical (unpaired) electrons. The van der Waals surface area contributed by atoms with Crippen LogP contribution >= 0.6 is 23.2 Å². The van der Waals surface area contributed by atoms with Crippen LogP contribution in [0.3, 0.4) is 0 Å². The molecule has 7 heteroatoms. The van der Waals surface area contributed by atoms with Gasteiger partial charge in [-0.2, -0.15) is 0 Å². The lowest BCUT2D eigenvalue weighted by molar-refractivity contribution is -0.136. The quantitative estimate of drug-likeness (QED) is 0.806. The van der Waals surface area contributed by atoms with Gasteiger partial charge in [0.15, 0.2) is 6.61 Å². The Balaban J connectivity index is 1.45. The second-order valence-corrected chi connectivity index (χ2v) is 7.28. The molecule has 1 aliphatic heterocycles. The summed E-state index contributed by atoms with van der Waals surface area (Å²) in [6.45, 7) is 0.980. The largest absolute Gasteiger partial charge is 0.484 e. The van der Waals surface area contributed by atoms with Crippen LogP contribution < -0.4 is 10.1 Å². The molecule has 2 aromatic carbocycles. The van der Waals surface area contributed by atoms with Crippen molar-refractivity contribution in [2.45, 2.75) is 12.8 Å². The number of piperidine rings is 1. The van der Waals surface area contributed by atoms with E-state index >= 15 is 0 Å². The number of nitrogens with one attached hydrogen (secondary N) is 1. The number of para-hydroxylation sites is 1. The van der Waals surface area contributed by atoms with Gasteiger partial charge in [0.25, 0.3) is 5.91 Å². The zero-order chi connectivity index (χ0) is 19.2. The van der Waals surface area contributed by atoms with Crippen molar-refractivity contribution in [2.75, 3.05) is 25.0 Å². The minimum Gasteiger partial charge on any atom is -0.484 e. The van der Waals surface area contributed by atoms with E-state index in [1.165, 1.54) is 0 Å². The van der Waals surface area contributed by atoms with E-state index in [9.17, 15) is 9.59 Å². The van der Waals surface area contributed by atoms with Crippen LogP contribution in [0.2, 0.25) is 10.0 Å². The van der Waals surface area contributed by atoms with Crippen LogP contribution in [0.5, 0.6) is 5.75 Å². The maximum atomic E-state index is 12.4. The van der Waals surface area contributed by atoms with Crippen LogP contribution in [-0.4, -0.2) is 36.4 Å². The molecule has 0 aromatic heterocycles. The lowest BCUT2D eigenvalue weighted by Gasteiger charge is -2.31. The number of likely N-dealkylation sites (tertiary alicyclic amines) is 1. The zero-order valence-electron chi connectivity index (χ0n) is 14.7. The van der Waals surface area contributed by atoms with Crippen LogP contribution in [0.15, 0.2) is 48.5 Å². The number of anilines is 1. The predicted octanol–water partition coefficient (Wildman–Crippen LogP) is 4.25. The first-order valence-electron chi connectivity index (χ1n) is 8.74. The highest BCUT2D eigenvalue weighted by molar-refractivity contribution is 6.34. The van der Waals surface area contributed by atoms with Crippen molar-refractivity contribution in [2.24, 2.45) is 5.92 Å². The van der Waals surface area contributed by atoms with Crippen molar-refractivity contribution in [1.82, 2.24) is 4.90 Å². The highest BCUT2D eigenvalue weighted by Gasteiger charge is 2.27. The van der Waals surface area contributed by atoms with Gasteiger partial charge in [0.05, 0.1) is 0 Å². The van der Waals surface area contributed by atoms with E-state index in [4.69, 9.17) is 27.9 Å². The molecule has 0 saturated carbocycles. The number of rotatable bonds is 5. The Morgan fingerprint density at radius 2 is 1.67 bits per heavy atom. The Bertz CT molecular complexity index is 786. The van der Waals surface area contributed by atoms with Gasteiger partial charge in [-0.15, -0.1) is 0 Å². The van der Waals surface area contributed by atoms with Crippen LogP contribution in [0.25, 0.3) is 0 Å². The lowest BCUT2D eigenvalue weighted by atomic mass is 9.95. The van der Waals surface area contributed by atoms with Gasteiger partial charge in [-0.3, -0.25) is 9.59 Å². The summed E-state index contributed by atoms with van der Waals surface area (Å²) >= 11 is 11.8. The topological polar surface area (TPSA) is 58.6 Å². The summed E-state index contributed by atoms with van der Waals surface area (Å²) in [6, 6.07) is 14.2. The van der Waals surface area contributed by atoms with Gasteiger partial charge in [0, 0.05) is 34.7 Å². The normalized spacial score (nSPS) is 14.7. The monoisotopic (exact) mass is 406 g/mol. The summed E-state index contributed by atoms with van der Waals surface area (Å²) in [7, 11) is 0. The highest BCUT2D eigenvalue weighted by Crippen LogP contribution is 2.24. The second-order valence-electron chi connectivity index (χ2n) is 6.40. The molecule has 0 spiro atoms. The van der Waals surface area contributed by atoms with E-state index in [0.29, 0.717) is 41.7 Å². The minimum atomic E-state index is -0.118. The number of hydrogen-bond acceptors (Lipinski definition) is 3. The number of ether oxygens (including phenoxy) is 1. The van der Waals surface area contributed by atoms with E-state index in [1.54, 1.807) is 23.1 Å². The number of carbonyl (C=O) groups excluding carboxylic acids is 2. The summed E-state index contributed by atoms with van der Waals surface area (Å²) in [5, 5.41) is 3.83. The standard InChI is InChI=1S/C20H20Cl2N2O3/c21-15-10-16(22)12-18(11-15)27-13-19(25)24-8-6-14(7-9-24)20(26)23-17-4-2-1-3-5-17/h1-5,10-12,14H,6-9,13H2,(H,23,26). The van der Waals surface area contributed by atoms with Gasteiger partial charge in [-0.1, -0.05) is 41.4 Å². The van der Waals surface area contributed by atoms with Crippen molar-refractivity contribution in [3.63, 3.8) is 0 Å². The van der Waals surface area contributed by atoms with Crippen LogP contribution in [0.1, 0.15) is 12.8 Å². The molecule has 1 heterocycles. The van der Waals surface area contributed by atoms with Crippen molar-refractivity contribution >= 4 is 40.7 Å². The zero-order valence-corrected chi connectivity index (χ0v) is 16.2. The van der Waals surface area contributed by atoms with Crippen molar-refractivity contribution in [3.8, 4) is 5.75 Å². The van der Waals surface area contributed by atoms with E-state index in [0.717, 1.165) is 5.69 Å². The molecular formula is C20H20Cl2N2O3. The summed E-state index contributed by atoms with van der Waals surface area (Å²) < 4.78 is 5.50. The summed E-state index contributed by atoms with van der Waals surface area (Å²) in [5.74, 6) is 0.242. The minimum absolute atomic E-state index is 0.00174. The van der Waals surface area contributed by atoms with Crippen LogP contribution in [0, 0.1) is 5.92 Å². The van der Waals surface area contributed by atoms with E-state index in [-0.39, 0.29) is 24.3 Å². The molecule has 0 unspecified atom stereocenters. The van der Waals surface area contributed by atoms with Crippen molar-refractivity contribution < 1.29 is 14.3 Å². The fourth-order valence-electron chi connectivity index (χ4n) is 3.01. The molecule has 0 atom stereocenters. The van der Waals surface area contributed by atoms with Crippen molar-refractivity contribution in [1.29, 1.82) is 0 Å². The maximum absolute atomic E-state index is 12.4. The Hall–Kier alpha value is -2.24. The number of nitrogens with zero attached hydrogens (tertiary/aromatic N) is 1. The van der Waals surface area contributed by atoms with E-state index in [2.05, 4.69) is 5.32 Å². The first-order valence-corrected chi connectivity index (χ1v) is 9.49. The molecule has 5 nitrogen and oxygen atoms in total. The van der Waals surface area contributed by atoms with E-state index in [1.807, 2.05) is 30.3 Å². The van der Waals surface area contributed by atoms with Gasteiger partial charge >= 0.3 is 0 Å². The number of benzene rings is 2. The summed E-state index contributed by atoms with van der Waals surface area (Å²) in [5.41, 5.74) is 0.787. The molecule has 3 rings (SSSR count). The van der Waals surface area contributed by atoms with Gasteiger partial charge in [-0.25, -0.2) is 0 Å². The lowest BCUT2D eigenvalue weighted by Crippen LogP contribution is -2.43. The Labute approximate surface area is 168 Å². The number of amides is 2. The van der Waals surface area contributed by atoms with E-state index < -0.39 is 0 Å². The first kappa shape index (κ1) is 19.5. The highest BCUT2D eigenvalue weighted by atomic mass is 35.5. The molecule has 27 heavy (non-hydrogen) atoms. The molecule has 0 aliphatic carbocycles. The SMILES string of the molecule is O=C(Nc1ccccc1)C1CCN(C(=O)COc2cc(Cl)cc(Cl)c2)CC1. The predicted molar refractivity (Wildman–Crippen MR) is 106 cm³/mol. The molecule has 1 N–H and O–H groups in total. The van der Waals surface area contributed by atoms with Gasteiger partial charge in [-0.05, 0) is 43.2 Å². The molecule has 1 fully saturated rings. The fraction of sp³-hybridized carbons (Fsp3) is 0.300. The number of hydrogen-bond donors (Lipinski definition) is 1. The molecule has 1 saturated heterocycles. The van der Waals surface area contributed by atoms with Crippen LogP contribution in [-0.2, 0) is 9.59 Å². The smallest absolute Gasteiger partial charge is 0.260 e. The Kier molecular flexibility index (Phi) is 6.58. The van der Waals surface area contributed by atoms with Crippen LogP contribution in [0.4, 0.5) is 5.69 Å². The molecule has 2 amide bonds. The third-order valence-corrected chi connectivity index (χ3v) is 4.89. The summed E-state index contributed by atoms with van der Waals surface area (Å²) in [6.07, 6.45) is 1.26. The molecule has 0 bridgehead atoms. The molecule has 142 valence electrons. The van der Waals surface area contributed by atoms with Gasteiger partial charge < -0.3 is 15.0 Å². The number of carbonyl (C=O) groups is 2. The van der Waals surface area contributed by atoms with Gasteiger partial charge in [0.1, 0.15) is 5.75 Å². The first-order chi connectivity index (χ1) is 13.0. The van der Waals surface area contributed by atoms with Gasteiger partial charge in [0.2, 0.25) is 5.91 Å². The third kappa shape index (κ3) is 5.62. The average Bonchev–Trinajstić information content (AvgIpc) is 2.66. The third-order valence-electron chi connectivity index (χ3n) is 4.46. The maximum Gasteiger partial charge on any atom is 0.260 e. The Morgan fingerprint density at radius 1 is 1.04 bits per heavy atom. The molecule has 1 aliphatic rings. The van der Waals surface area contributed by atoms with Crippen molar-refractivity contribution in [3.05, 3.63) is 58.6 Å². The number of halogens is 2. The Morgan fingerprint density at radius 3 is 2.30 bits per heavy atom. The molecule has 2 aromatic rings.